The molecule has 194 valence electrons. The van der Waals surface area contributed by atoms with Crippen LogP contribution < -0.4 is 10.6 Å². The van der Waals surface area contributed by atoms with Crippen LogP contribution in [0.1, 0.15) is 31.2 Å². The zero-order valence-electron chi connectivity index (χ0n) is 20.1. The van der Waals surface area contributed by atoms with Crippen molar-refractivity contribution in [3.05, 3.63) is 46.8 Å². The van der Waals surface area contributed by atoms with Crippen LogP contribution in [0, 0.1) is 5.41 Å². The Kier molecular flexibility index (Phi) is 7.04. The lowest BCUT2D eigenvalue weighted by Crippen LogP contribution is -2.39. The van der Waals surface area contributed by atoms with Crippen molar-refractivity contribution in [3.8, 4) is 5.69 Å². The summed E-state index contributed by atoms with van der Waals surface area (Å²) >= 11 is 3.49. The monoisotopic (exact) mass is 573 g/mol. The normalized spacial score (nSPS) is 19.7. The number of aliphatic hydroxyl groups is 1. The van der Waals surface area contributed by atoms with E-state index in [4.69, 9.17) is 4.98 Å². The van der Waals surface area contributed by atoms with Gasteiger partial charge in [0, 0.05) is 43.9 Å². The smallest absolute Gasteiger partial charge is 0.239 e. The second kappa shape index (κ2) is 10.3. The van der Waals surface area contributed by atoms with Crippen LogP contribution in [0.25, 0.3) is 27.6 Å². The first kappa shape index (κ1) is 25.4. The van der Waals surface area contributed by atoms with Crippen molar-refractivity contribution in [3.63, 3.8) is 0 Å². The van der Waals surface area contributed by atoms with Crippen LogP contribution in [0.2, 0.25) is 0 Å². The number of aliphatic hydroxyl groups excluding tert-OH is 1. The van der Waals surface area contributed by atoms with Gasteiger partial charge in [-0.2, -0.15) is 10.1 Å². The topological polar surface area (TPSA) is 118 Å². The third-order valence-corrected chi connectivity index (χ3v) is 7.55. The fourth-order valence-electron chi connectivity index (χ4n) is 5.28. The number of halogens is 3. The Bertz CT molecular complexity index is 1460. The quantitative estimate of drug-likeness (QED) is 0.291. The average molecular weight is 574 g/mol. The first-order valence-corrected chi connectivity index (χ1v) is 12.8. The predicted octanol–water partition coefficient (Wildman–Crippen LogP) is 4.01. The molecule has 0 aliphatic heterocycles. The molecule has 0 bridgehead atoms. The summed E-state index contributed by atoms with van der Waals surface area (Å²) in [5, 5.41) is 21.6. The van der Waals surface area contributed by atoms with E-state index in [1.54, 1.807) is 17.1 Å². The second-order valence-electron chi connectivity index (χ2n) is 9.33. The Labute approximate surface area is 219 Å². The number of alkyl halides is 2. The fourth-order valence-corrected chi connectivity index (χ4v) is 5.72. The molecule has 0 saturated heterocycles. The molecule has 2 atom stereocenters. The van der Waals surface area contributed by atoms with Crippen LogP contribution >= 0.6 is 15.9 Å². The lowest BCUT2D eigenvalue weighted by Gasteiger charge is -2.27. The summed E-state index contributed by atoms with van der Waals surface area (Å²) in [6.45, 7) is -0.0145. The highest BCUT2D eigenvalue weighted by Gasteiger charge is 2.46. The molecule has 1 aliphatic rings. The predicted molar refractivity (Wildman–Crippen MR) is 139 cm³/mol. The minimum atomic E-state index is -2.57. The highest BCUT2D eigenvalue weighted by molar-refractivity contribution is 9.10. The van der Waals surface area contributed by atoms with E-state index in [0.29, 0.717) is 40.8 Å². The zero-order chi connectivity index (χ0) is 26.2. The second-order valence-corrected chi connectivity index (χ2v) is 10.1. The minimum absolute atomic E-state index is 0.0145. The van der Waals surface area contributed by atoms with Crippen molar-refractivity contribution in [2.45, 2.75) is 44.6 Å². The molecule has 5 rings (SSSR count). The molecule has 3 aromatic heterocycles. The molecule has 0 radical (unpaired) electrons. The number of rotatable bonds is 8. The highest BCUT2D eigenvalue weighted by atomic mass is 79.9. The molecule has 1 amide bonds. The van der Waals surface area contributed by atoms with Crippen molar-refractivity contribution in [1.29, 1.82) is 0 Å². The van der Waals surface area contributed by atoms with Crippen molar-refractivity contribution >= 4 is 49.7 Å². The number of nitrogens with zero attached hydrogens (tertiary/aromatic N) is 5. The van der Waals surface area contributed by atoms with Crippen molar-refractivity contribution in [2.75, 3.05) is 19.0 Å². The van der Waals surface area contributed by atoms with Crippen LogP contribution in [0.5, 0.6) is 0 Å². The summed E-state index contributed by atoms with van der Waals surface area (Å²) < 4.78 is 28.8. The Hall–Kier alpha value is -3.25. The third kappa shape index (κ3) is 4.87. The first-order valence-electron chi connectivity index (χ1n) is 12.0. The largest absolute Gasteiger partial charge is 0.396 e. The van der Waals surface area contributed by atoms with Gasteiger partial charge >= 0.3 is 0 Å². The van der Waals surface area contributed by atoms with E-state index in [-0.39, 0.29) is 25.0 Å². The maximum Gasteiger partial charge on any atom is 0.239 e. The number of anilines is 1. The number of nitrogens with one attached hydrogen (secondary N) is 2. The van der Waals surface area contributed by atoms with Crippen LogP contribution in [-0.4, -0.2) is 61.9 Å². The van der Waals surface area contributed by atoms with Gasteiger partial charge in [-0.3, -0.25) is 9.78 Å². The number of carbonyl (C=O) groups is 1. The van der Waals surface area contributed by atoms with Gasteiger partial charge in [-0.1, -0.05) is 6.07 Å². The minimum Gasteiger partial charge on any atom is -0.396 e. The molecule has 1 saturated carbocycles. The maximum absolute atomic E-state index is 13.3. The SMILES string of the molecule is CNC(=O)[C@@]1(CC(F)F)CC[C@@H](Nc2ncc3c(Br)nn(-c4cc(CCO)c5ncccc5c4)c3n2)C1. The number of aromatic nitrogens is 5. The molecular formula is C25H26BrF2N7O2. The summed E-state index contributed by atoms with van der Waals surface area (Å²) in [7, 11) is 1.47. The van der Waals surface area contributed by atoms with Gasteiger partial charge in [0.1, 0.15) is 4.60 Å². The van der Waals surface area contributed by atoms with Gasteiger partial charge in [-0.25, -0.2) is 18.4 Å². The highest BCUT2D eigenvalue weighted by Crippen LogP contribution is 2.44. The molecule has 1 fully saturated rings. The lowest BCUT2D eigenvalue weighted by molar-refractivity contribution is -0.132. The first-order chi connectivity index (χ1) is 17.8. The van der Waals surface area contributed by atoms with Crippen molar-refractivity contribution in [2.24, 2.45) is 5.41 Å². The molecule has 3 heterocycles. The molecule has 1 aliphatic carbocycles. The molecule has 9 nitrogen and oxygen atoms in total. The van der Waals surface area contributed by atoms with Gasteiger partial charge < -0.3 is 15.7 Å². The van der Waals surface area contributed by atoms with E-state index in [2.05, 4.69) is 41.6 Å². The van der Waals surface area contributed by atoms with Gasteiger partial charge in [-0.05, 0) is 65.4 Å². The van der Waals surface area contributed by atoms with E-state index in [1.165, 1.54) is 7.05 Å². The van der Waals surface area contributed by atoms with Gasteiger partial charge in [-0.15, -0.1) is 0 Å². The Balaban J connectivity index is 1.49. The third-order valence-electron chi connectivity index (χ3n) is 6.97. The van der Waals surface area contributed by atoms with E-state index in [0.717, 1.165) is 22.2 Å². The number of benzene rings is 1. The summed E-state index contributed by atoms with van der Waals surface area (Å²) in [4.78, 5) is 26.0. The van der Waals surface area contributed by atoms with E-state index in [9.17, 15) is 18.7 Å². The van der Waals surface area contributed by atoms with Crippen LogP contribution in [0.3, 0.4) is 0 Å². The summed E-state index contributed by atoms with van der Waals surface area (Å²) in [6.07, 6.45) is 1.94. The number of hydrogen-bond donors (Lipinski definition) is 3. The van der Waals surface area contributed by atoms with E-state index >= 15 is 0 Å². The zero-order valence-corrected chi connectivity index (χ0v) is 21.7. The number of pyridine rings is 1. The standard InChI is InChI=1S/C25H26BrF2N7O2/c1-29-23(37)25(12-19(27)28)6-4-16(11-25)32-24-31-13-18-21(26)34-35(22(18)33-24)17-9-14-3-2-7-30-20(14)15(10-17)5-8-36/h2-3,7,9-10,13,16,19,36H,4-6,8,11-12H2,1H3,(H,29,37)(H,31,32,33)/t16-,25+/m1/s1. The van der Waals surface area contributed by atoms with E-state index < -0.39 is 18.3 Å². The molecule has 1 aromatic carbocycles. The molecule has 3 N–H and O–H groups in total. The molecular weight excluding hydrogens is 548 g/mol. The van der Waals surface area contributed by atoms with Crippen molar-refractivity contribution in [1.82, 2.24) is 30.0 Å². The maximum atomic E-state index is 13.3. The van der Waals surface area contributed by atoms with Gasteiger partial charge in [0.15, 0.2) is 5.65 Å². The summed E-state index contributed by atoms with van der Waals surface area (Å²) in [5.41, 5.74) is 1.89. The van der Waals surface area contributed by atoms with Gasteiger partial charge in [0.25, 0.3) is 0 Å². The number of fused-ring (bicyclic) bond motifs is 2. The van der Waals surface area contributed by atoms with Crippen LogP contribution in [0.15, 0.2) is 41.3 Å². The number of amides is 1. The number of carbonyl (C=O) groups excluding carboxylic acids is 1. The molecule has 0 unspecified atom stereocenters. The lowest BCUT2D eigenvalue weighted by atomic mass is 9.81. The molecule has 0 spiro atoms. The van der Waals surface area contributed by atoms with Crippen LogP contribution in [0.4, 0.5) is 14.7 Å². The summed E-state index contributed by atoms with van der Waals surface area (Å²) in [6, 6.07) is 7.46. The van der Waals surface area contributed by atoms with Gasteiger partial charge in [0.05, 0.1) is 22.0 Å². The van der Waals surface area contributed by atoms with Crippen molar-refractivity contribution < 1.29 is 18.7 Å². The summed E-state index contributed by atoms with van der Waals surface area (Å²) in [5.74, 6) is -0.0334. The molecule has 12 heteroatoms. The number of hydrogen-bond acceptors (Lipinski definition) is 7. The fraction of sp³-hybridized carbons (Fsp3) is 0.400. The van der Waals surface area contributed by atoms with Gasteiger partial charge in [0.2, 0.25) is 18.3 Å². The Morgan fingerprint density at radius 1 is 1.35 bits per heavy atom. The molecule has 37 heavy (non-hydrogen) atoms. The van der Waals surface area contributed by atoms with E-state index in [1.807, 2.05) is 24.3 Å². The Morgan fingerprint density at radius 2 is 2.19 bits per heavy atom. The van der Waals surface area contributed by atoms with Crippen LogP contribution in [-0.2, 0) is 11.2 Å². The Morgan fingerprint density at radius 3 is 2.95 bits per heavy atom. The molecule has 4 aromatic rings. The average Bonchev–Trinajstić information content (AvgIpc) is 3.44.